The van der Waals surface area contributed by atoms with Crippen LogP contribution in [0.25, 0.3) is 0 Å². The van der Waals surface area contributed by atoms with E-state index in [1.54, 1.807) is 6.08 Å². The molecule has 8 unspecified atom stereocenters. The smallest absolute Gasteiger partial charge is 0.155 e. The van der Waals surface area contributed by atoms with Gasteiger partial charge in [0.2, 0.25) is 0 Å². The van der Waals surface area contributed by atoms with E-state index in [-0.39, 0.29) is 41.5 Å². The van der Waals surface area contributed by atoms with E-state index in [2.05, 4.69) is 6.92 Å². The molecule has 3 fully saturated rings. The van der Waals surface area contributed by atoms with Crippen LogP contribution in [0.2, 0.25) is 0 Å². The van der Waals surface area contributed by atoms with Gasteiger partial charge in [-0.05, 0) is 73.7 Å². The van der Waals surface area contributed by atoms with Crippen molar-refractivity contribution in [1.29, 1.82) is 0 Å². The minimum Gasteiger partial charge on any atom is -0.394 e. The van der Waals surface area contributed by atoms with E-state index in [0.29, 0.717) is 12.8 Å². The lowest BCUT2D eigenvalue weighted by molar-refractivity contribution is -0.158. The number of hydrogen-bond donors (Lipinski definition) is 3. The number of carbonyl (C=O) groups is 2. The van der Waals surface area contributed by atoms with E-state index in [1.807, 2.05) is 0 Å². The molecule has 0 saturated heterocycles. The average molecular weight is 362 g/mol. The standard InChI is InChI=1S/C21H30O5/c1-20-7-6-13(24)8-12(20)2-3-14-15-4-5-16(18(26)10-22)21(15,11-23)9-17(25)19(14)20/h8,11,14-19,22,25-26H,2-7,9-10H2,1H3. The minimum atomic E-state index is -0.907. The Labute approximate surface area is 154 Å². The maximum absolute atomic E-state index is 12.3. The molecule has 3 N–H and O–H groups in total. The molecule has 3 saturated carbocycles. The fraction of sp³-hybridized carbons (Fsp3) is 0.810. The molecule has 26 heavy (non-hydrogen) atoms. The highest BCUT2D eigenvalue weighted by Gasteiger charge is 2.64. The molecule has 0 aliphatic heterocycles. The lowest BCUT2D eigenvalue weighted by Crippen LogP contribution is -2.58. The summed E-state index contributed by atoms with van der Waals surface area (Å²) in [7, 11) is 0. The van der Waals surface area contributed by atoms with Crippen molar-refractivity contribution in [3.05, 3.63) is 11.6 Å². The summed E-state index contributed by atoms with van der Waals surface area (Å²) < 4.78 is 0. The van der Waals surface area contributed by atoms with Gasteiger partial charge in [-0.1, -0.05) is 12.5 Å². The van der Waals surface area contributed by atoms with E-state index in [4.69, 9.17) is 0 Å². The van der Waals surface area contributed by atoms with Gasteiger partial charge >= 0.3 is 0 Å². The highest BCUT2D eigenvalue weighted by atomic mass is 16.3. The van der Waals surface area contributed by atoms with Crippen molar-refractivity contribution in [2.75, 3.05) is 6.61 Å². The summed E-state index contributed by atoms with van der Waals surface area (Å²) in [4.78, 5) is 24.2. The van der Waals surface area contributed by atoms with Gasteiger partial charge in [-0.3, -0.25) is 4.79 Å². The molecule has 0 aromatic carbocycles. The first-order valence-corrected chi connectivity index (χ1v) is 10.0. The Kier molecular flexibility index (Phi) is 4.41. The number of allylic oxidation sites excluding steroid dienone is 1. The highest BCUT2D eigenvalue weighted by Crippen LogP contribution is 2.66. The molecular weight excluding hydrogens is 332 g/mol. The Morgan fingerprint density at radius 3 is 2.77 bits per heavy atom. The van der Waals surface area contributed by atoms with Gasteiger partial charge in [0.1, 0.15) is 6.29 Å². The molecule has 5 heteroatoms. The maximum atomic E-state index is 12.3. The molecule has 0 amide bonds. The highest BCUT2D eigenvalue weighted by molar-refractivity contribution is 5.91. The van der Waals surface area contributed by atoms with Crippen molar-refractivity contribution >= 4 is 12.1 Å². The normalized spacial score (nSPS) is 48.8. The number of aliphatic hydroxyl groups excluding tert-OH is 3. The summed E-state index contributed by atoms with van der Waals surface area (Å²) in [6.45, 7) is 1.85. The predicted molar refractivity (Wildman–Crippen MR) is 95.1 cm³/mol. The number of aldehydes is 1. The van der Waals surface area contributed by atoms with E-state index < -0.39 is 17.6 Å². The fourth-order valence-electron chi connectivity index (χ4n) is 7.33. The molecule has 0 aromatic heterocycles. The summed E-state index contributed by atoms with van der Waals surface area (Å²) >= 11 is 0. The van der Waals surface area contributed by atoms with Crippen LogP contribution < -0.4 is 0 Å². The van der Waals surface area contributed by atoms with Crippen molar-refractivity contribution in [1.82, 2.24) is 0 Å². The van der Waals surface area contributed by atoms with Crippen LogP contribution in [-0.2, 0) is 9.59 Å². The number of carbonyl (C=O) groups excluding carboxylic acids is 2. The zero-order valence-corrected chi connectivity index (χ0v) is 15.4. The maximum Gasteiger partial charge on any atom is 0.155 e. The van der Waals surface area contributed by atoms with Gasteiger partial charge in [0.05, 0.1) is 18.8 Å². The molecule has 0 spiro atoms. The van der Waals surface area contributed by atoms with Crippen LogP contribution in [0.4, 0.5) is 0 Å². The van der Waals surface area contributed by atoms with Gasteiger partial charge in [0.15, 0.2) is 5.78 Å². The SMILES string of the molecule is CC12CCC(=O)C=C1CCC1C2C(O)CC2(C=O)C(C(O)CO)CCC12. The summed E-state index contributed by atoms with van der Waals surface area (Å²) in [5, 5.41) is 30.9. The van der Waals surface area contributed by atoms with Crippen LogP contribution in [0.5, 0.6) is 0 Å². The van der Waals surface area contributed by atoms with Gasteiger partial charge in [-0.25, -0.2) is 0 Å². The van der Waals surface area contributed by atoms with Crippen molar-refractivity contribution in [2.24, 2.45) is 34.5 Å². The molecule has 4 aliphatic carbocycles. The Balaban J connectivity index is 1.72. The number of ketones is 1. The minimum absolute atomic E-state index is 0.0682. The summed E-state index contributed by atoms with van der Waals surface area (Å²) in [5.41, 5.74) is 0.279. The van der Waals surface area contributed by atoms with Crippen LogP contribution in [0, 0.1) is 34.5 Å². The monoisotopic (exact) mass is 362 g/mol. The van der Waals surface area contributed by atoms with E-state index in [9.17, 15) is 24.9 Å². The first-order chi connectivity index (χ1) is 12.4. The third-order valence-corrected chi connectivity index (χ3v) is 8.44. The van der Waals surface area contributed by atoms with E-state index >= 15 is 0 Å². The van der Waals surface area contributed by atoms with Crippen LogP contribution in [0.15, 0.2) is 11.6 Å². The second-order valence-electron chi connectivity index (χ2n) is 9.32. The van der Waals surface area contributed by atoms with Crippen LogP contribution in [0.1, 0.15) is 51.9 Å². The third-order valence-electron chi connectivity index (χ3n) is 8.44. The van der Waals surface area contributed by atoms with Crippen molar-refractivity contribution < 1.29 is 24.9 Å². The Hall–Kier alpha value is -1.04. The van der Waals surface area contributed by atoms with Crippen molar-refractivity contribution in [2.45, 2.75) is 64.1 Å². The van der Waals surface area contributed by atoms with E-state index in [1.165, 1.54) is 5.57 Å². The summed E-state index contributed by atoms with van der Waals surface area (Å²) in [6.07, 6.45) is 6.26. The van der Waals surface area contributed by atoms with Gasteiger partial charge in [0.25, 0.3) is 0 Å². The first-order valence-electron chi connectivity index (χ1n) is 10.0. The number of fused-ring (bicyclic) bond motifs is 5. The molecule has 0 radical (unpaired) electrons. The van der Waals surface area contributed by atoms with Gasteiger partial charge in [-0.2, -0.15) is 0 Å². The molecule has 0 bridgehead atoms. The van der Waals surface area contributed by atoms with Crippen LogP contribution in [0.3, 0.4) is 0 Å². The Morgan fingerprint density at radius 1 is 1.31 bits per heavy atom. The zero-order valence-electron chi connectivity index (χ0n) is 15.4. The van der Waals surface area contributed by atoms with Gasteiger partial charge in [0, 0.05) is 11.8 Å². The Morgan fingerprint density at radius 2 is 2.08 bits per heavy atom. The van der Waals surface area contributed by atoms with Crippen LogP contribution in [-0.4, -0.2) is 46.2 Å². The Bertz CT molecular complexity index is 642. The lowest BCUT2D eigenvalue weighted by atomic mass is 9.45. The zero-order chi connectivity index (χ0) is 18.7. The second kappa shape index (κ2) is 6.25. The molecule has 4 aliphatic rings. The molecule has 0 aromatic rings. The quantitative estimate of drug-likeness (QED) is 0.664. The fourth-order valence-corrected chi connectivity index (χ4v) is 7.33. The molecule has 0 heterocycles. The van der Waals surface area contributed by atoms with E-state index in [0.717, 1.165) is 38.4 Å². The van der Waals surface area contributed by atoms with Gasteiger partial charge < -0.3 is 20.1 Å². The first kappa shape index (κ1) is 18.3. The predicted octanol–water partition coefficient (Wildman–Crippen LogP) is 1.64. The number of rotatable bonds is 3. The number of hydrogen-bond acceptors (Lipinski definition) is 5. The van der Waals surface area contributed by atoms with Crippen molar-refractivity contribution in [3.63, 3.8) is 0 Å². The topological polar surface area (TPSA) is 94.8 Å². The molecule has 4 rings (SSSR count). The van der Waals surface area contributed by atoms with Gasteiger partial charge in [-0.15, -0.1) is 0 Å². The molecule has 5 nitrogen and oxygen atoms in total. The molecule has 144 valence electrons. The largest absolute Gasteiger partial charge is 0.394 e. The van der Waals surface area contributed by atoms with Crippen molar-refractivity contribution in [3.8, 4) is 0 Å². The number of aliphatic hydroxyl groups is 3. The lowest BCUT2D eigenvalue weighted by Gasteiger charge is -2.59. The molecule has 8 atom stereocenters. The second-order valence-corrected chi connectivity index (χ2v) is 9.32. The third kappa shape index (κ3) is 2.33. The summed E-state index contributed by atoms with van der Waals surface area (Å²) in [5.74, 6) is 0.364. The average Bonchev–Trinajstić information content (AvgIpc) is 3.00. The molecular formula is C21H30O5. The summed E-state index contributed by atoms with van der Waals surface area (Å²) in [6, 6.07) is 0. The van der Waals surface area contributed by atoms with Crippen LogP contribution >= 0.6 is 0 Å².